The maximum atomic E-state index is 11.9. The zero-order valence-corrected chi connectivity index (χ0v) is 10.3. The molecule has 1 heterocycles. The Morgan fingerprint density at radius 3 is 2.95 bits per heavy atom. The molecule has 2 aromatic rings. The van der Waals surface area contributed by atoms with E-state index in [0.29, 0.717) is 11.1 Å². The number of alkyl halides is 3. The van der Waals surface area contributed by atoms with E-state index >= 15 is 0 Å². The van der Waals surface area contributed by atoms with Gasteiger partial charge in [0, 0.05) is 11.9 Å². The van der Waals surface area contributed by atoms with Crippen molar-refractivity contribution in [3.8, 4) is 0 Å². The van der Waals surface area contributed by atoms with Crippen LogP contribution in [-0.2, 0) is 4.74 Å². The zero-order chi connectivity index (χ0) is 14.6. The molecular formula is C12H12F3N3O2. The number of hydrogen-bond acceptors (Lipinski definition) is 3. The lowest BCUT2D eigenvalue weighted by Gasteiger charge is -2.08. The predicted molar refractivity (Wildman–Crippen MR) is 65.3 cm³/mol. The molecule has 108 valence electrons. The molecule has 0 saturated heterocycles. The second kappa shape index (κ2) is 5.91. The van der Waals surface area contributed by atoms with Crippen LogP contribution in [0.4, 0.5) is 13.2 Å². The van der Waals surface area contributed by atoms with Crippen molar-refractivity contribution in [2.75, 3.05) is 19.8 Å². The summed E-state index contributed by atoms with van der Waals surface area (Å²) in [6.07, 6.45) is -2.77. The Morgan fingerprint density at radius 2 is 2.20 bits per heavy atom. The summed E-state index contributed by atoms with van der Waals surface area (Å²) in [7, 11) is 0. The molecule has 8 heteroatoms. The van der Waals surface area contributed by atoms with Gasteiger partial charge in [0.1, 0.15) is 6.61 Å². The highest BCUT2D eigenvalue weighted by Crippen LogP contribution is 2.15. The van der Waals surface area contributed by atoms with E-state index in [1.165, 1.54) is 0 Å². The van der Waals surface area contributed by atoms with Gasteiger partial charge in [-0.15, -0.1) is 0 Å². The molecule has 5 nitrogen and oxygen atoms in total. The molecule has 2 N–H and O–H groups in total. The van der Waals surface area contributed by atoms with Gasteiger partial charge < -0.3 is 10.1 Å². The Morgan fingerprint density at radius 1 is 1.40 bits per heavy atom. The first-order chi connectivity index (χ1) is 9.47. The second-order valence-electron chi connectivity index (χ2n) is 4.06. The van der Waals surface area contributed by atoms with Gasteiger partial charge in [-0.3, -0.25) is 9.89 Å². The number of hydrogen-bond donors (Lipinski definition) is 2. The van der Waals surface area contributed by atoms with Crippen LogP contribution in [0.1, 0.15) is 10.4 Å². The molecule has 1 amide bonds. The van der Waals surface area contributed by atoms with Crippen LogP contribution in [0, 0.1) is 0 Å². The van der Waals surface area contributed by atoms with Crippen LogP contribution < -0.4 is 5.32 Å². The fourth-order valence-corrected chi connectivity index (χ4v) is 1.68. The van der Waals surface area contributed by atoms with E-state index in [1.54, 1.807) is 24.4 Å². The molecule has 1 aromatic carbocycles. The number of halogens is 3. The van der Waals surface area contributed by atoms with E-state index in [9.17, 15) is 18.0 Å². The Balaban J connectivity index is 1.85. The molecule has 2 rings (SSSR count). The Bertz CT molecular complexity index is 595. The van der Waals surface area contributed by atoms with Crippen LogP contribution in [0.3, 0.4) is 0 Å². The number of aromatic amines is 1. The third kappa shape index (κ3) is 3.70. The predicted octanol–water partition coefficient (Wildman–Crippen LogP) is 1.87. The molecule has 0 radical (unpaired) electrons. The molecule has 0 fully saturated rings. The van der Waals surface area contributed by atoms with Crippen LogP contribution in [0.2, 0.25) is 0 Å². The largest absolute Gasteiger partial charge is 0.411 e. The summed E-state index contributed by atoms with van der Waals surface area (Å²) in [5, 5.41) is 9.80. The van der Waals surface area contributed by atoms with Crippen LogP contribution in [0.5, 0.6) is 0 Å². The lowest BCUT2D eigenvalue weighted by atomic mass is 10.1. The van der Waals surface area contributed by atoms with Crippen molar-refractivity contribution in [2.45, 2.75) is 6.18 Å². The summed E-state index contributed by atoms with van der Waals surface area (Å²) < 4.78 is 39.9. The number of rotatable bonds is 5. The maximum absolute atomic E-state index is 11.9. The Hall–Kier alpha value is -2.09. The van der Waals surface area contributed by atoms with Gasteiger partial charge in [0.2, 0.25) is 0 Å². The molecule has 1 aromatic heterocycles. The highest BCUT2D eigenvalue weighted by molar-refractivity contribution is 6.05. The number of ether oxygens (including phenoxy) is 1. The molecule has 0 atom stereocenters. The number of H-pyrrole nitrogens is 1. The van der Waals surface area contributed by atoms with Crippen LogP contribution >= 0.6 is 0 Å². The molecule has 20 heavy (non-hydrogen) atoms. The average Bonchev–Trinajstić information content (AvgIpc) is 2.84. The molecule has 0 unspecified atom stereocenters. The van der Waals surface area contributed by atoms with Gasteiger partial charge >= 0.3 is 6.18 Å². The van der Waals surface area contributed by atoms with Gasteiger partial charge in [-0.2, -0.15) is 18.3 Å². The number of aromatic nitrogens is 2. The minimum atomic E-state index is -4.36. The summed E-state index contributed by atoms with van der Waals surface area (Å²) in [6.45, 7) is -1.53. The fourth-order valence-electron chi connectivity index (χ4n) is 1.68. The van der Waals surface area contributed by atoms with Gasteiger partial charge in [-0.1, -0.05) is 12.1 Å². The van der Waals surface area contributed by atoms with Crippen LogP contribution in [-0.4, -0.2) is 42.0 Å². The summed E-state index contributed by atoms with van der Waals surface area (Å²) >= 11 is 0. The molecule has 0 bridgehead atoms. The van der Waals surface area contributed by atoms with Crippen molar-refractivity contribution in [2.24, 2.45) is 0 Å². The minimum absolute atomic E-state index is 0.000557. The highest BCUT2D eigenvalue weighted by Gasteiger charge is 2.27. The first kappa shape index (κ1) is 14.3. The van der Waals surface area contributed by atoms with Gasteiger partial charge in [-0.25, -0.2) is 0 Å². The number of nitrogens with one attached hydrogen (secondary N) is 2. The van der Waals surface area contributed by atoms with Crippen molar-refractivity contribution in [3.05, 3.63) is 30.0 Å². The molecule has 0 aliphatic carbocycles. The summed E-state index contributed by atoms with van der Waals surface area (Å²) in [5.41, 5.74) is 0.969. The molecule has 0 aliphatic rings. The minimum Gasteiger partial charge on any atom is -0.370 e. The van der Waals surface area contributed by atoms with Crippen molar-refractivity contribution in [3.63, 3.8) is 0 Å². The van der Waals surface area contributed by atoms with E-state index < -0.39 is 18.7 Å². The SMILES string of the molecule is O=C(NCCOCC(F)(F)F)c1cccc2cn[nH]c12. The number of para-hydroxylation sites is 1. The summed E-state index contributed by atoms with van der Waals surface area (Å²) in [6, 6.07) is 5.10. The van der Waals surface area contributed by atoms with Crippen molar-refractivity contribution in [1.29, 1.82) is 0 Å². The van der Waals surface area contributed by atoms with Gasteiger partial charge in [0.25, 0.3) is 5.91 Å². The summed E-state index contributed by atoms with van der Waals surface area (Å²) in [4.78, 5) is 11.9. The topological polar surface area (TPSA) is 67.0 Å². The van der Waals surface area contributed by atoms with Crippen LogP contribution in [0.15, 0.2) is 24.4 Å². The second-order valence-corrected chi connectivity index (χ2v) is 4.06. The van der Waals surface area contributed by atoms with Gasteiger partial charge in [0.15, 0.2) is 0 Å². The number of fused-ring (bicyclic) bond motifs is 1. The van der Waals surface area contributed by atoms with Gasteiger partial charge in [-0.05, 0) is 6.07 Å². The van der Waals surface area contributed by atoms with Crippen molar-refractivity contribution >= 4 is 16.8 Å². The highest BCUT2D eigenvalue weighted by atomic mass is 19.4. The normalized spacial score (nSPS) is 11.8. The molecule has 0 spiro atoms. The number of carbonyl (C=O) groups excluding carboxylic acids is 1. The Kier molecular flexibility index (Phi) is 4.23. The van der Waals surface area contributed by atoms with E-state index in [1.807, 2.05) is 0 Å². The molecule has 0 aliphatic heterocycles. The van der Waals surface area contributed by atoms with E-state index in [0.717, 1.165) is 5.39 Å². The quantitative estimate of drug-likeness (QED) is 0.825. The summed E-state index contributed by atoms with van der Waals surface area (Å²) in [5.74, 6) is -0.393. The number of benzene rings is 1. The maximum Gasteiger partial charge on any atom is 0.411 e. The standard InChI is InChI=1S/C12H12F3N3O2/c13-12(14,15)7-20-5-4-16-11(19)9-3-1-2-8-6-17-18-10(8)9/h1-3,6H,4-5,7H2,(H,16,19)(H,17,18). The zero-order valence-electron chi connectivity index (χ0n) is 10.3. The fraction of sp³-hybridized carbons (Fsp3) is 0.333. The van der Waals surface area contributed by atoms with E-state index in [-0.39, 0.29) is 13.2 Å². The smallest absolute Gasteiger partial charge is 0.370 e. The number of carbonyl (C=O) groups is 1. The van der Waals surface area contributed by atoms with Crippen molar-refractivity contribution in [1.82, 2.24) is 15.5 Å². The molecule has 0 saturated carbocycles. The monoisotopic (exact) mass is 287 g/mol. The third-order valence-electron chi connectivity index (χ3n) is 2.52. The number of nitrogens with zero attached hydrogens (tertiary/aromatic N) is 1. The lowest BCUT2D eigenvalue weighted by molar-refractivity contribution is -0.173. The average molecular weight is 287 g/mol. The first-order valence-corrected chi connectivity index (χ1v) is 5.82. The lowest BCUT2D eigenvalue weighted by Crippen LogP contribution is -2.29. The Labute approximate surface area is 112 Å². The van der Waals surface area contributed by atoms with E-state index in [2.05, 4.69) is 20.3 Å². The van der Waals surface area contributed by atoms with Crippen LogP contribution in [0.25, 0.3) is 10.9 Å². The van der Waals surface area contributed by atoms with Gasteiger partial charge in [0.05, 0.1) is 23.9 Å². The third-order valence-corrected chi connectivity index (χ3v) is 2.52. The van der Waals surface area contributed by atoms with E-state index in [4.69, 9.17) is 0 Å². The first-order valence-electron chi connectivity index (χ1n) is 5.82. The van der Waals surface area contributed by atoms with Crippen molar-refractivity contribution < 1.29 is 22.7 Å². The number of amides is 1. The molecular weight excluding hydrogens is 275 g/mol.